The van der Waals surface area contributed by atoms with Crippen LogP contribution in [0.4, 0.5) is 0 Å². The fourth-order valence-electron chi connectivity index (χ4n) is 4.04. The lowest BCUT2D eigenvalue weighted by Gasteiger charge is -2.30. The first-order valence-electron chi connectivity index (χ1n) is 10.8. The molecule has 2 amide bonds. The largest absolute Gasteiger partial charge is 0.456 e. The molecule has 1 aliphatic heterocycles. The summed E-state index contributed by atoms with van der Waals surface area (Å²) in [4.78, 5) is 41.3. The topological polar surface area (TPSA) is 100 Å². The average Bonchev–Trinajstić information content (AvgIpc) is 3.14. The number of H-pyrrole nitrogens is 1. The van der Waals surface area contributed by atoms with E-state index < -0.39 is 18.1 Å². The summed E-state index contributed by atoms with van der Waals surface area (Å²) in [5, 5.41) is 6.48. The second-order valence-corrected chi connectivity index (χ2v) is 8.54. The molecular formula is C25H27N3O4. The third-order valence-electron chi connectivity index (χ3n) is 5.61. The molecule has 0 bridgehead atoms. The highest BCUT2D eigenvalue weighted by Crippen LogP contribution is 2.25. The number of aromatic nitrogens is 1. The van der Waals surface area contributed by atoms with Crippen LogP contribution in [0, 0.1) is 5.92 Å². The Kier molecular flexibility index (Phi) is 6.25. The Balaban J connectivity index is 1.56. The number of aromatic amines is 1. The van der Waals surface area contributed by atoms with Crippen molar-refractivity contribution in [3.63, 3.8) is 0 Å². The van der Waals surface area contributed by atoms with Crippen LogP contribution in [0.15, 0.2) is 54.6 Å². The van der Waals surface area contributed by atoms with Gasteiger partial charge in [-0.25, -0.2) is 4.79 Å². The average molecular weight is 434 g/mol. The van der Waals surface area contributed by atoms with E-state index in [0.29, 0.717) is 17.7 Å². The smallest absolute Gasteiger partial charge is 0.355 e. The summed E-state index contributed by atoms with van der Waals surface area (Å²) < 4.78 is 5.52. The van der Waals surface area contributed by atoms with E-state index >= 15 is 0 Å². The Morgan fingerprint density at radius 2 is 1.59 bits per heavy atom. The van der Waals surface area contributed by atoms with Crippen molar-refractivity contribution >= 4 is 28.7 Å². The maximum atomic E-state index is 12.9. The SMILES string of the molecule is CC(C)C[C@@H]1NC(=O)[C@H](Cc2c(C(=O)OCc3ccccc3)[nH]c3ccccc23)NC1=O. The molecule has 2 heterocycles. The van der Waals surface area contributed by atoms with Crippen molar-refractivity contribution in [2.75, 3.05) is 0 Å². The molecule has 32 heavy (non-hydrogen) atoms. The summed E-state index contributed by atoms with van der Waals surface area (Å²) >= 11 is 0. The molecule has 7 heteroatoms. The molecule has 3 N–H and O–H groups in total. The van der Waals surface area contributed by atoms with Gasteiger partial charge >= 0.3 is 5.97 Å². The van der Waals surface area contributed by atoms with Crippen molar-refractivity contribution in [2.24, 2.45) is 5.92 Å². The quantitative estimate of drug-likeness (QED) is 0.499. The fraction of sp³-hybridized carbons (Fsp3) is 0.320. The normalized spacial score (nSPS) is 18.5. The maximum Gasteiger partial charge on any atom is 0.355 e. The first kappa shape index (κ1) is 21.6. The van der Waals surface area contributed by atoms with Gasteiger partial charge < -0.3 is 20.4 Å². The molecule has 4 rings (SSSR count). The predicted molar refractivity (Wildman–Crippen MR) is 121 cm³/mol. The Hall–Kier alpha value is -3.61. The van der Waals surface area contributed by atoms with Crippen molar-refractivity contribution in [1.82, 2.24) is 15.6 Å². The number of piperazine rings is 1. The van der Waals surface area contributed by atoms with Crippen LogP contribution in [0.1, 0.15) is 41.9 Å². The van der Waals surface area contributed by atoms with Gasteiger partial charge in [-0.05, 0) is 29.5 Å². The first-order valence-corrected chi connectivity index (χ1v) is 10.8. The van der Waals surface area contributed by atoms with Gasteiger partial charge in [0.2, 0.25) is 11.8 Å². The van der Waals surface area contributed by atoms with E-state index in [2.05, 4.69) is 15.6 Å². The molecule has 3 aromatic rings. The van der Waals surface area contributed by atoms with Gasteiger partial charge in [-0.3, -0.25) is 9.59 Å². The van der Waals surface area contributed by atoms with Crippen LogP contribution in [0.2, 0.25) is 0 Å². The fourth-order valence-corrected chi connectivity index (χ4v) is 4.04. The van der Waals surface area contributed by atoms with Crippen LogP contribution in [-0.2, 0) is 27.4 Å². The summed E-state index contributed by atoms with van der Waals surface area (Å²) in [6, 6.07) is 15.6. The van der Waals surface area contributed by atoms with Gasteiger partial charge in [-0.1, -0.05) is 62.4 Å². The molecule has 2 aromatic carbocycles. The summed E-state index contributed by atoms with van der Waals surface area (Å²) in [6.07, 6.45) is 0.764. The van der Waals surface area contributed by atoms with Gasteiger partial charge in [0.1, 0.15) is 24.4 Å². The molecular weight excluding hydrogens is 406 g/mol. The third-order valence-corrected chi connectivity index (χ3v) is 5.61. The van der Waals surface area contributed by atoms with E-state index in [0.717, 1.165) is 16.5 Å². The Morgan fingerprint density at radius 3 is 2.34 bits per heavy atom. The van der Waals surface area contributed by atoms with E-state index in [1.807, 2.05) is 68.4 Å². The van der Waals surface area contributed by atoms with E-state index in [1.54, 1.807) is 0 Å². The number of fused-ring (bicyclic) bond motifs is 1. The van der Waals surface area contributed by atoms with Crippen LogP contribution < -0.4 is 10.6 Å². The van der Waals surface area contributed by atoms with Crippen LogP contribution in [0.3, 0.4) is 0 Å². The number of carbonyl (C=O) groups excluding carboxylic acids is 3. The number of carbonyl (C=O) groups is 3. The standard InChI is InChI=1S/C25H27N3O4/c1-15(2)12-20-23(29)28-21(24(30)27-20)13-18-17-10-6-7-11-19(17)26-22(18)25(31)32-14-16-8-4-3-5-9-16/h3-11,15,20-21,26H,12-14H2,1-2H3,(H,27,30)(H,28,29)/t20-,21-/m0/s1. The minimum absolute atomic E-state index is 0.145. The predicted octanol–water partition coefficient (Wildman–Crippen LogP) is 3.10. The molecule has 0 saturated carbocycles. The second kappa shape index (κ2) is 9.26. The number of hydrogen-bond donors (Lipinski definition) is 3. The Morgan fingerprint density at radius 1 is 0.938 bits per heavy atom. The van der Waals surface area contributed by atoms with Crippen molar-refractivity contribution in [3.05, 3.63) is 71.4 Å². The van der Waals surface area contributed by atoms with Crippen LogP contribution in [0.5, 0.6) is 0 Å². The lowest BCUT2D eigenvalue weighted by atomic mass is 9.96. The zero-order valence-corrected chi connectivity index (χ0v) is 18.2. The minimum Gasteiger partial charge on any atom is -0.456 e. The molecule has 7 nitrogen and oxygen atoms in total. The van der Waals surface area contributed by atoms with Gasteiger partial charge in [0.05, 0.1) is 0 Å². The van der Waals surface area contributed by atoms with Gasteiger partial charge in [-0.15, -0.1) is 0 Å². The molecule has 1 fully saturated rings. The maximum absolute atomic E-state index is 12.9. The molecule has 0 radical (unpaired) electrons. The molecule has 166 valence electrons. The number of rotatable bonds is 7. The van der Waals surface area contributed by atoms with E-state index in [4.69, 9.17) is 4.74 Å². The summed E-state index contributed by atoms with van der Waals surface area (Å²) in [5.74, 6) is -0.664. The lowest BCUT2D eigenvalue weighted by molar-refractivity contribution is -0.137. The van der Waals surface area contributed by atoms with Crippen LogP contribution in [-0.4, -0.2) is 34.9 Å². The van der Waals surface area contributed by atoms with Crippen LogP contribution >= 0.6 is 0 Å². The lowest BCUT2D eigenvalue weighted by Crippen LogP contribution is -2.62. The third kappa shape index (κ3) is 4.66. The van der Waals surface area contributed by atoms with Gasteiger partial charge in [0.25, 0.3) is 0 Å². The number of nitrogens with one attached hydrogen (secondary N) is 3. The summed E-state index contributed by atoms with van der Waals surface area (Å²) in [5.41, 5.74) is 2.61. The van der Waals surface area contributed by atoms with Gasteiger partial charge in [0.15, 0.2) is 0 Å². The molecule has 2 atom stereocenters. The number of para-hydroxylation sites is 1. The highest BCUT2D eigenvalue weighted by molar-refractivity contribution is 6.00. The highest BCUT2D eigenvalue weighted by atomic mass is 16.5. The van der Waals surface area contributed by atoms with Gasteiger partial charge in [-0.2, -0.15) is 0 Å². The van der Waals surface area contributed by atoms with Crippen molar-refractivity contribution in [3.8, 4) is 0 Å². The van der Waals surface area contributed by atoms with Crippen LogP contribution in [0.25, 0.3) is 10.9 Å². The number of amides is 2. The van der Waals surface area contributed by atoms with E-state index in [-0.39, 0.29) is 30.8 Å². The zero-order valence-electron chi connectivity index (χ0n) is 18.2. The number of esters is 1. The molecule has 0 unspecified atom stereocenters. The number of ether oxygens (including phenoxy) is 1. The second-order valence-electron chi connectivity index (χ2n) is 8.54. The van der Waals surface area contributed by atoms with Gasteiger partial charge in [0, 0.05) is 17.3 Å². The Bertz CT molecular complexity index is 1140. The molecule has 0 spiro atoms. The van der Waals surface area contributed by atoms with Crippen molar-refractivity contribution in [1.29, 1.82) is 0 Å². The highest BCUT2D eigenvalue weighted by Gasteiger charge is 2.35. The van der Waals surface area contributed by atoms with E-state index in [1.165, 1.54) is 0 Å². The first-order chi connectivity index (χ1) is 15.4. The zero-order chi connectivity index (χ0) is 22.7. The summed E-state index contributed by atoms with van der Waals surface area (Å²) in [6.45, 7) is 4.15. The monoisotopic (exact) mass is 433 g/mol. The molecule has 1 aliphatic rings. The number of benzene rings is 2. The molecule has 1 aromatic heterocycles. The number of hydrogen-bond acceptors (Lipinski definition) is 4. The molecule has 1 saturated heterocycles. The van der Waals surface area contributed by atoms with Crippen molar-refractivity contribution in [2.45, 2.75) is 45.4 Å². The molecule has 0 aliphatic carbocycles. The summed E-state index contributed by atoms with van der Waals surface area (Å²) in [7, 11) is 0. The minimum atomic E-state index is -0.759. The Labute approximate surface area is 186 Å². The van der Waals surface area contributed by atoms with Crippen molar-refractivity contribution < 1.29 is 19.1 Å². The van der Waals surface area contributed by atoms with E-state index in [9.17, 15) is 14.4 Å².